The maximum absolute atomic E-state index is 13.3. The fourth-order valence-corrected chi connectivity index (χ4v) is 5.57. The number of fused-ring (bicyclic) bond motifs is 2. The van der Waals surface area contributed by atoms with Crippen LogP contribution in [-0.2, 0) is 17.6 Å². The van der Waals surface area contributed by atoms with Crippen LogP contribution >= 0.6 is 22.7 Å². The second-order valence-electron chi connectivity index (χ2n) is 6.42. The van der Waals surface area contributed by atoms with Gasteiger partial charge in [-0.2, -0.15) is 0 Å². The van der Waals surface area contributed by atoms with Gasteiger partial charge in [0.2, 0.25) is 0 Å². The number of amides is 1. The molecule has 0 fully saturated rings. The molecule has 0 radical (unpaired) electrons. The van der Waals surface area contributed by atoms with Crippen molar-refractivity contribution in [3.63, 3.8) is 0 Å². The predicted octanol–water partition coefficient (Wildman–Crippen LogP) is 4.29. The van der Waals surface area contributed by atoms with Crippen molar-refractivity contribution >= 4 is 28.6 Å². The van der Waals surface area contributed by atoms with Gasteiger partial charge in [-0.15, -0.1) is 22.7 Å². The molecule has 4 heterocycles. The van der Waals surface area contributed by atoms with E-state index in [2.05, 4.69) is 29.0 Å². The van der Waals surface area contributed by atoms with Gasteiger partial charge < -0.3 is 9.64 Å². The summed E-state index contributed by atoms with van der Waals surface area (Å²) in [4.78, 5) is 18.0. The van der Waals surface area contributed by atoms with Gasteiger partial charge in [0.1, 0.15) is 5.75 Å². The van der Waals surface area contributed by atoms with Crippen LogP contribution in [0.4, 0.5) is 0 Å². The number of ether oxygens (including phenoxy) is 1. The lowest BCUT2D eigenvalue weighted by atomic mass is 9.97. The van der Waals surface area contributed by atoms with E-state index in [0.717, 1.165) is 24.3 Å². The molecule has 0 spiro atoms. The lowest BCUT2D eigenvalue weighted by Gasteiger charge is -2.36. The smallest absolute Gasteiger partial charge is 0.264 e. The predicted molar refractivity (Wildman–Crippen MR) is 100 cm³/mol. The molecule has 0 N–H and O–H groups in total. The maximum atomic E-state index is 13.3. The Bertz CT molecular complexity index is 890. The summed E-state index contributed by atoms with van der Waals surface area (Å²) in [7, 11) is 0. The Kier molecular flexibility index (Phi) is 3.64. The average Bonchev–Trinajstić information content (AvgIpc) is 3.39. The van der Waals surface area contributed by atoms with E-state index in [0.29, 0.717) is 6.42 Å². The minimum atomic E-state index is -0.403. The van der Waals surface area contributed by atoms with Crippen molar-refractivity contribution in [3.8, 4) is 5.75 Å². The van der Waals surface area contributed by atoms with Crippen LogP contribution in [0, 0.1) is 0 Å². The Morgan fingerprint density at radius 1 is 1.08 bits per heavy atom. The van der Waals surface area contributed by atoms with Crippen LogP contribution in [-0.4, -0.2) is 23.5 Å². The van der Waals surface area contributed by atoms with Gasteiger partial charge in [0.15, 0.2) is 6.10 Å². The Morgan fingerprint density at radius 2 is 2.00 bits per heavy atom. The molecule has 126 valence electrons. The van der Waals surface area contributed by atoms with Crippen molar-refractivity contribution in [1.29, 1.82) is 0 Å². The van der Waals surface area contributed by atoms with Crippen LogP contribution in [0.3, 0.4) is 0 Å². The van der Waals surface area contributed by atoms with Crippen LogP contribution in [0.5, 0.6) is 5.75 Å². The van der Waals surface area contributed by atoms with Crippen molar-refractivity contribution in [2.45, 2.75) is 25.0 Å². The summed E-state index contributed by atoms with van der Waals surface area (Å²) in [5.74, 6) is 0.952. The molecule has 2 aliphatic rings. The van der Waals surface area contributed by atoms with E-state index in [1.165, 1.54) is 15.3 Å². The van der Waals surface area contributed by atoms with Crippen LogP contribution in [0.25, 0.3) is 0 Å². The molecule has 0 bridgehead atoms. The van der Waals surface area contributed by atoms with Crippen molar-refractivity contribution in [2.75, 3.05) is 6.54 Å². The zero-order valence-electron chi connectivity index (χ0n) is 13.6. The molecule has 1 aromatic carbocycles. The van der Waals surface area contributed by atoms with Crippen LogP contribution in [0.15, 0.2) is 53.2 Å². The minimum absolute atomic E-state index is 0.0230. The normalized spacial score (nSPS) is 21.5. The van der Waals surface area contributed by atoms with Crippen LogP contribution < -0.4 is 4.74 Å². The van der Waals surface area contributed by atoms with Crippen LogP contribution in [0.1, 0.15) is 26.9 Å². The minimum Gasteiger partial charge on any atom is -0.480 e. The maximum Gasteiger partial charge on any atom is 0.264 e. The lowest BCUT2D eigenvalue weighted by molar-refractivity contribution is -0.140. The molecule has 2 aliphatic heterocycles. The first kappa shape index (κ1) is 15.2. The highest BCUT2D eigenvalue weighted by Gasteiger charge is 2.39. The summed E-state index contributed by atoms with van der Waals surface area (Å²) in [5, 5.41) is 4.22. The molecule has 2 aromatic heterocycles. The van der Waals surface area contributed by atoms with Gasteiger partial charge in [-0.3, -0.25) is 4.79 Å². The van der Waals surface area contributed by atoms with E-state index in [-0.39, 0.29) is 11.9 Å². The van der Waals surface area contributed by atoms with Crippen molar-refractivity contribution < 1.29 is 9.53 Å². The summed E-state index contributed by atoms with van der Waals surface area (Å²) in [6.45, 7) is 0.755. The number of para-hydroxylation sites is 1. The highest BCUT2D eigenvalue weighted by molar-refractivity contribution is 7.10. The summed E-state index contributed by atoms with van der Waals surface area (Å²) in [6, 6.07) is 14.3. The third-order valence-corrected chi connectivity index (χ3v) is 6.91. The van der Waals surface area contributed by atoms with E-state index >= 15 is 0 Å². The number of hydrogen-bond acceptors (Lipinski definition) is 4. The van der Waals surface area contributed by atoms with E-state index in [4.69, 9.17) is 4.74 Å². The first-order valence-corrected chi connectivity index (χ1v) is 10.2. The Labute approximate surface area is 154 Å². The topological polar surface area (TPSA) is 29.5 Å². The van der Waals surface area contributed by atoms with Gasteiger partial charge >= 0.3 is 0 Å². The number of rotatable bonds is 2. The molecule has 0 unspecified atom stereocenters. The van der Waals surface area contributed by atoms with Gasteiger partial charge in [-0.1, -0.05) is 24.3 Å². The molecular formula is C20H17NO2S2. The second kappa shape index (κ2) is 6.00. The molecule has 3 nitrogen and oxygen atoms in total. The Hall–Kier alpha value is -2.11. The summed E-state index contributed by atoms with van der Waals surface area (Å²) >= 11 is 3.52. The highest BCUT2D eigenvalue weighted by atomic mass is 32.1. The zero-order chi connectivity index (χ0) is 16.8. The third kappa shape index (κ3) is 2.50. The molecule has 1 amide bonds. The third-order valence-electron chi connectivity index (χ3n) is 4.98. The summed E-state index contributed by atoms with van der Waals surface area (Å²) < 4.78 is 5.97. The number of benzene rings is 1. The van der Waals surface area contributed by atoms with Crippen molar-refractivity contribution in [3.05, 3.63) is 74.1 Å². The summed E-state index contributed by atoms with van der Waals surface area (Å²) in [5.41, 5.74) is 2.41. The molecular weight excluding hydrogens is 350 g/mol. The molecule has 3 aromatic rings. The lowest BCUT2D eigenvalue weighted by Crippen LogP contribution is -2.46. The molecule has 5 heteroatoms. The standard InChI is InChI=1S/C20H17NO2S2/c22-20(16-12-13-4-1-2-5-15(13)23-16)21-9-7-17-14(8-11-25-17)19(21)18-6-3-10-24-18/h1-6,8,10-11,16,19H,7,9,12H2/t16-,19-/m0/s1. The van der Waals surface area contributed by atoms with Gasteiger partial charge in [-0.25, -0.2) is 0 Å². The van der Waals surface area contributed by atoms with Crippen LogP contribution in [0.2, 0.25) is 0 Å². The monoisotopic (exact) mass is 367 g/mol. The Balaban J connectivity index is 1.48. The van der Waals surface area contributed by atoms with Crippen molar-refractivity contribution in [2.24, 2.45) is 0 Å². The summed E-state index contributed by atoms with van der Waals surface area (Å²) in [6.07, 6.45) is 1.19. The second-order valence-corrected chi connectivity index (χ2v) is 8.40. The van der Waals surface area contributed by atoms with E-state index < -0.39 is 6.10 Å². The van der Waals surface area contributed by atoms with Gasteiger partial charge in [0.05, 0.1) is 6.04 Å². The highest BCUT2D eigenvalue weighted by Crippen LogP contribution is 2.40. The molecule has 2 atom stereocenters. The molecule has 0 saturated heterocycles. The fourth-order valence-electron chi connectivity index (χ4n) is 3.81. The van der Waals surface area contributed by atoms with Gasteiger partial charge in [0, 0.05) is 22.7 Å². The van der Waals surface area contributed by atoms with E-state index in [1.807, 2.05) is 29.2 Å². The quantitative estimate of drug-likeness (QED) is 0.676. The molecule has 0 saturated carbocycles. The van der Waals surface area contributed by atoms with Gasteiger partial charge in [-0.05, 0) is 46.5 Å². The number of thiophene rings is 2. The molecule has 5 rings (SSSR count). The average molecular weight is 367 g/mol. The SMILES string of the molecule is O=C([C@@H]1Cc2ccccc2O1)N1CCc2sccc2[C@H]1c1cccs1. The molecule has 0 aliphatic carbocycles. The number of carbonyl (C=O) groups is 1. The van der Waals surface area contributed by atoms with E-state index in [9.17, 15) is 4.79 Å². The molecule has 25 heavy (non-hydrogen) atoms. The Morgan fingerprint density at radius 3 is 2.84 bits per heavy atom. The largest absolute Gasteiger partial charge is 0.480 e. The van der Waals surface area contributed by atoms with Gasteiger partial charge in [0.25, 0.3) is 5.91 Å². The number of hydrogen-bond donors (Lipinski definition) is 0. The first-order chi connectivity index (χ1) is 12.3. The number of carbonyl (C=O) groups excluding carboxylic acids is 1. The van der Waals surface area contributed by atoms with Crippen molar-refractivity contribution in [1.82, 2.24) is 4.90 Å². The number of nitrogens with zero attached hydrogens (tertiary/aromatic N) is 1. The first-order valence-electron chi connectivity index (χ1n) is 8.46. The zero-order valence-corrected chi connectivity index (χ0v) is 15.2. The fraction of sp³-hybridized carbons (Fsp3) is 0.250. The van der Waals surface area contributed by atoms with E-state index in [1.54, 1.807) is 22.7 Å².